The maximum atomic E-state index is 14.5. The molecule has 103 heavy (non-hydrogen) atoms. The topological polar surface area (TPSA) is 257 Å². The summed E-state index contributed by atoms with van der Waals surface area (Å²) in [6.07, 6.45) is 3.93. The van der Waals surface area contributed by atoms with Crippen molar-refractivity contribution < 1.29 is 71.9 Å². The summed E-state index contributed by atoms with van der Waals surface area (Å²) >= 11 is 0. The lowest BCUT2D eigenvalue weighted by Gasteiger charge is -2.31. The normalized spacial score (nSPS) is 17.9. The van der Waals surface area contributed by atoms with Crippen molar-refractivity contribution in [3.05, 3.63) is 183 Å². The number of aryl methyl sites for hydroxylation is 3. The zero-order valence-corrected chi connectivity index (χ0v) is 59.4. The van der Waals surface area contributed by atoms with Gasteiger partial charge in [-0.2, -0.15) is 0 Å². The number of fused-ring (bicyclic) bond motifs is 6. The van der Waals surface area contributed by atoms with Crippen LogP contribution in [0.2, 0.25) is 0 Å². The first-order valence-corrected chi connectivity index (χ1v) is 35.5. The minimum atomic E-state index is -1.44. The number of ether oxygens (including phenoxy) is 5. The number of carbonyl (C=O) groups excluding carboxylic acids is 9. The van der Waals surface area contributed by atoms with Crippen LogP contribution in [0.15, 0.2) is 121 Å². The number of ketones is 3. The molecule has 536 valence electrons. The lowest BCUT2D eigenvalue weighted by atomic mass is 9.89. The van der Waals surface area contributed by atoms with E-state index >= 15 is 0 Å². The van der Waals surface area contributed by atoms with E-state index in [2.05, 4.69) is 28.5 Å². The van der Waals surface area contributed by atoms with Crippen LogP contribution < -0.4 is 39.4 Å². The predicted octanol–water partition coefficient (Wildman–Crippen LogP) is 10.9. The van der Waals surface area contributed by atoms with Crippen LogP contribution in [0.5, 0.6) is 23.0 Å². The lowest BCUT2D eigenvalue weighted by Crippen LogP contribution is -2.50. The van der Waals surface area contributed by atoms with Crippen LogP contribution in [0.1, 0.15) is 162 Å². The molecule has 2 fully saturated rings. The van der Waals surface area contributed by atoms with Gasteiger partial charge in [0.15, 0.2) is 29.3 Å². The van der Waals surface area contributed by atoms with Crippen LogP contribution in [0.3, 0.4) is 0 Å². The molecule has 1 aliphatic carbocycles. The van der Waals surface area contributed by atoms with Gasteiger partial charge in [0, 0.05) is 92.4 Å². The van der Waals surface area contributed by atoms with Crippen molar-refractivity contribution in [2.45, 2.75) is 156 Å². The van der Waals surface area contributed by atoms with Crippen molar-refractivity contribution in [2.75, 3.05) is 50.3 Å². The summed E-state index contributed by atoms with van der Waals surface area (Å²) in [5.74, 6) is 4.76. The first kappa shape index (κ1) is 72.2. The van der Waals surface area contributed by atoms with Gasteiger partial charge in [-0.05, 0) is 158 Å². The van der Waals surface area contributed by atoms with E-state index < -0.39 is 47.9 Å². The van der Waals surface area contributed by atoms with Crippen molar-refractivity contribution in [2.24, 2.45) is 17.3 Å². The summed E-state index contributed by atoms with van der Waals surface area (Å²) in [6.45, 7) is 9.59. The van der Waals surface area contributed by atoms with E-state index in [4.69, 9.17) is 23.7 Å². The number of aliphatic hydroxyl groups is 1. The highest BCUT2D eigenvalue weighted by Gasteiger charge is 2.58. The Morgan fingerprint density at radius 3 is 2.16 bits per heavy atom. The number of anilines is 2. The van der Waals surface area contributed by atoms with Gasteiger partial charge in [0.25, 0.3) is 11.8 Å². The molecule has 5 atom stereocenters. The van der Waals surface area contributed by atoms with Gasteiger partial charge in [-0.3, -0.25) is 38.4 Å². The molecule has 21 nitrogen and oxygen atoms in total. The Bertz CT molecular complexity index is 4430. The Hall–Kier alpha value is -10.6. The van der Waals surface area contributed by atoms with Crippen molar-refractivity contribution in [1.29, 1.82) is 0 Å². The van der Waals surface area contributed by atoms with Crippen molar-refractivity contribution in [3.8, 4) is 34.8 Å². The van der Waals surface area contributed by atoms with E-state index in [0.29, 0.717) is 83.1 Å². The largest absolute Gasteiger partial charge is 0.496 e. The molecule has 1 saturated carbocycles. The highest BCUT2D eigenvalue weighted by atomic mass is 16.6. The monoisotopic (exact) mass is 1400 g/mol. The Morgan fingerprint density at radius 1 is 0.699 bits per heavy atom. The third-order valence-corrected chi connectivity index (χ3v) is 20.8. The van der Waals surface area contributed by atoms with Gasteiger partial charge < -0.3 is 54.1 Å². The molecule has 1 spiro atoms. The van der Waals surface area contributed by atoms with E-state index in [0.717, 1.165) is 69.7 Å². The Labute approximate surface area is 600 Å². The third kappa shape index (κ3) is 16.3. The number of nitrogens with one attached hydrogen (secondary N) is 2. The van der Waals surface area contributed by atoms with E-state index in [-0.39, 0.29) is 123 Å². The molecule has 0 bridgehead atoms. The summed E-state index contributed by atoms with van der Waals surface area (Å²) in [7, 11) is 3.20. The van der Waals surface area contributed by atoms with Gasteiger partial charge in [-0.25, -0.2) is 9.69 Å². The molecule has 6 aromatic rings. The van der Waals surface area contributed by atoms with Crippen LogP contribution in [-0.2, 0) is 59.5 Å². The van der Waals surface area contributed by atoms with Crippen LogP contribution in [-0.4, -0.2) is 133 Å². The first-order valence-electron chi connectivity index (χ1n) is 35.5. The van der Waals surface area contributed by atoms with Crippen LogP contribution in [0.25, 0.3) is 5.57 Å². The van der Waals surface area contributed by atoms with Crippen molar-refractivity contribution >= 4 is 69.9 Å². The molecular weight excluding hydrogens is 1310 g/mol. The molecule has 6 amide bonds. The molecule has 21 heteroatoms. The maximum absolute atomic E-state index is 14.5. The Kier molecular flexibility index (Phi) is 22.0. The number of hydrogen-bond acceptors (Lipinski definition) is 15. The predicted molar refractivity (Wildman–Crippen MR) is 385 cm³/mol. The molecular formula is C82H88N6O15. The van der Waals surface area contributed by atoms with E-state index in [9.17, 15) is 48.3 Å². The minimum absolute atomic E-state index is 0.00420. The molecule has 1 saturated heterocycles. The quantitative estimate of drug-likeness (QED) is 0.0320. The Balaban J connectivity index is 0.601. The van der Waals surface area contributed by atoms with Gasteiger partial charge >= 0.3 is 6.09 Å². The number of hydrogen-bond donors (Lipinski definition) is 3. The molecule has 1 unspecified atom stereocenters. The van der Waals surface area contributed by atoms with E-state index in [1.807, 2.05) is 91.7 Å². The molecule has 5 heterocycles. The van der Waals surface area contributed by atoms with E-state index in [1.165, 1.54) is 0 Å². The number of benzene rings is 6. The Morgan fingerprint density at radius 2 is 1.41 bits per heavy atom. The second kappa shape index (κ2) is 31.3. The standard InChI is InChI=1S/C82H88N6O15/c1-49(2)64(40-63(90)44-83-75(92)29-27-62(89)28-30-76(93)86-45-59-15-9-8-13-55(59)23-24-56-14-10-11-16-67(56)86)77(94)84-52(5)70(91)36-53-18-20-54(21-19-53)47-103-81(98)88-68-42-72(51(4)35-66(68)79(96)87-48-82(31-32-82)43-69(87)80(88)97)101-33-12-34-102-74-39-58-25-26-61-37-60(57-22-17-50(3)71(38-57)99-6)46-85(61)78(95)65(58)41-73(74)100-7/h8-11,13-22,35,38-39,41-42,46,49,52,61,64,69,80,97H,12,25-34,36-37,40,43-45,47-48H2,1-7H3,(H,83,92)(H,84,94)/t52-,61+,64-,69-,80?/m0/s1. The van der Waals surface area contributed by atoms with Crippen LogP contribution >= 0.6 is 0 Å². The molecule has 0 aromatic heterocycles. The van der Waals surface area contributed by atoms with Crippen LogP contribution in [0, 0.1) is 42.9 Å². The molecule has 12 rings (SSSR count). The minimum Gasteiger partial charge on any atom is -0.496 e. The molecule has 0 radical (unpaired) electrons. The summed E-state index contributed by atoms with van der Waals surface area (Å²) in [4.78, 5) is 129. The van der Waals surface area contributed by atoms with Gasteiger partial charge in [0.05, 0.1) is 69.5 Å². The zero-order chi connectivity index (χ0) is 72.8. The maximum Gasteiger partial charge on any atom is 0.416 e. The second-order valence-corrected chi connectivity index (χ2v) is 28.3. The van der Waals surface area contributed by atoms with E-state index in [1.54, 1.807) is 87.3 Å². The molecule has 3 N–H and O–H groups in total. The summed E-state index contributed by atoms with van der Waals surface area (Å²) in [6, 6.07) is 33.3. The number of amides is 6. The number of nitrogens with zero attached hydrogens (tertiary/aromatic N) is 4. The number of Topliss-reactive ketones (excluding diaryl/α,β-unsaturated/α-hetero) is 3. The zero-order valence-electron chi connectivity index (χ0n) is 59.4. The van der Waals surface area contributed by atoms with Crippen molar-refractivity contribution in [1.82, 2.24) is 20.4 Å². The molecule has 6 aromatic carbocycles. The lowest BCUT2D eigenvalue weighted by molar-refractivity contribution is -0.133. The highest BCUT2D eigenvalue weighted by molar-refractivity contribution is 6.06. The van der Waals surface area contributed by atoms with Gasteiger partial charge in [-0.15, -0.1) is 0 Å². The third-order valence-electron chi connectivity index (χ3n) is 20.8. The number of rotatable bonds is 27. The fourth-order valence-corrected chi connectivity index (χ4v) is 14.4. The fourth-order valence-electron chi connectivity index (χ4n) is 14.4. The SMILES string of the molecule is COc1cc(C2=CN3C(=O)c4cc(OC)c(OCCCOc5cc6c(cc5C)C(=O)N5CC7(CC7)C[C@H]5C(O)N6C(=O)OCc5ccc(CC(=O)[C@H](C)NC(=O)[C@@H](CC(=O)CNC(=O)CCC(=O)CCC(=O)N6Cc7ccccc7C#Cc7ccccc76)C(C)C)cc5)cc4CC[C@@H]3C2)ccc1C. The number of carbonyl (C=O) groups is 9. The van der Waals surface area contributed by atoms with Crippen LogP contribution in [0.4, 0.5) is 16.2 Å². The number of methoxy groups -OCH3 is 2. The van der Waals surface area contributed by atoms with Gasteiger partial charge in [0.1, 0.15) is 23.9 Å². The first-order chi connectivity index (χ1) is 49.6. The van der Waals surface area contributed by atoms with Gasteiger partial charge in [-0.1, -0.05) is 92.4 Å². The average molecular weight is 1400 g/mol. The summed E-state index contributed by atoms with van der Waals surface area (Å²) in [5.41, 5.74) is 9.80. The average Bonchev–Trinajstić information content (AvgIpc) is 1.57. The number of para-hydroxylation sites is 1. The molecule has 6 aliphatic rings. The smallest absolute Gasteiger partial charge is 0.416 e. The molecule has 5 aliphatic heterocycles. The number of aliphatic hydroxyl groups excluding tert-OH is 1. The summed E-state index contributed by atoms with van der Waals surface area (Å²) in [5, 5.41) is 17.5. The summed E-state index contributed by atoms with van der Waals surface area (Å²) < 4.78 is 29.9. The fraction of sp³-hybridized carbons (Fsp3) is 0.402. The van der Waals surface area contributed by atoms with Gasteiger partial charge in [0.2, 0.25) is 17.7 Å². The highest BCUT2D eigenvalue weighted by Crippen LogP contribution is 2.57. The second-order valence-electron chi connectivity index (χ2n) is 28.3. The van der Waals surface area contributed by atoms with Crippen molar-refractivity contribution in [3.63, 3.8) is 0 Å².